The van der Waals surface area contributed by atoms with Crippen molar-refractivity contribution in [3.05, 3.63) is 28.8 Å². The van der Waals surface area contributed by atoms with E-state index in [0.717, 1.165) is 0 Å². The van der Waals surface area contributed by atoms with Crippen LogP contribution in [-0.2, 0) is 9.09 Å². The third-order valence-corrected chi connectivity index (χ3v) is 3.31. The summed E-state index contributed by atoms with van der Waals surface area (Å²) in [5.41, 5.74) is 0.0873. The first-order valence-electron chi connectivity index (χ1n) is 4.73. The minimum Gasteiger partial charge on any atom is -0.328 e. The summed E-state index contributed by atoms with van der Waals surface area (Å²) in [4.78, 5) is 0. The van der Waals surface area contributed by atoms with Crippen LogP contribution >= 0.6 is 8.03 Å². The third-order valence-electron chi connectivity index (χ3n) is 2.00. The Morgan fingerprint density at radius 2 is 1.71 bits per heavy atom. The molecule has 0 radical (unpaired) electrons. The second-order valence-electron chi connectivity index (χ2n) is 3.00. The molecule has 1 aromatic carbocycles. The van der Waals surface area contributed by atoms with Gasteiger partial charge in [0.05, 0.1) is 23.3 Å². The first-order valence-corrected chi connectivity index (χ1v) is 6.05. The quantitative estimate of drug-likeness (QED) is 0.750. The fraction of sp³-hybridized carbons (Fsp3) is 0.182. The maximum Gasteiger partial charge on any atom is 0.220 e. The monoisotopic (exact) mass is 245 g/mol. The van der Waals surface area contributed by atoms with E-state index in [-0.39, 0.29) is 28.6 Å². The number of nitrogens with zero attached hydrogens (tertiary/aromatic N) is 3. The Morgan fingerprint density at radius 3 is 2.06 bits per heavy atom. The van der Waals surface area contributed by atoms with Gasteiger partial charge in [0.1, 0.15) is 18.2 Å². The number of benzene rings is 1. The van der Waals surface area contributed by atoms with Crippen LogP contribution in [0.4, 0.5) is 0 Å². The molecule has 0 bridgehead atoms. The van der Waals surface area contributed by atoms with Gasteiger partial charge in [-0.05, 0) is 19.1 Å². The molecule has 1 aromatic rings. The molecule has 0 aliphatic carbocycles. The molecule has 0 fully saturated rings. The van der Waals surface area contributed by atoms with Crippen LogP contribution in [0.2, 0.25) is 0 Å². The summed E-state index contributed by atoms with van der Waals surface area (Å²) in [5, 5.41) is 26.8. The number of hydrogen-bond donors (Lipinski definition) is 0. The van der Waals surface area contributed by atoms with E-state index < -0.39 is 8.03 Å². The highest BCUT2D eigenvalue weighted by atomic mass is 31.1. The number of nitriles is 3. The van der Waals surface area contributed by atoms with Gasteiger partial charge in [-0.15, -0.1) is 0 Å². The van der Waals surface area contributed by atoms with E-state index in [9.17, 15) is 4.57 Å². The van der Waals surface area contributed by atoms with Gasteiger partial charge in [-0.2, -0.15) is 15.8 Å². The third kappa shape index (κ3) is 2.71. The van der Waals surface area contributed by atoms with Crippen LogP contribution in [0, 0.1) is 34.0 Å². The standard InChI is InChI=1S/C11H8N3O2P/c1-2-16-17(15)10-3-8(5-12)11(7-14)9(4-10)6-13/h3-4,17H,2H2,1H3. The Bertz CT molecular complexity index is 555. The van der Waals surface area contributed by atoms with E-state index in [1.807, 2.05) is 0 Å². The summed E-state index contributed by atoms with van der Waals surface area (Å²) in [6, 6.07) is 8.06. The highest BCUT2D eigenvalue weighted by Crippen LogP contribution is 2.24. The molecule has 17 heavy (non-hydrogen) atoms. The summed E-state index contributed by atoms with van der Waals surface area (Å²) in [5.74, 6) is 0. The van der Waals surface area contributed by atoms with Gasteiger partial charge in [-0.25, -0.2) is 0 Å². The second kappa shape index (κ2) is 5.83. The lowest BCUT2D eigenvalue weighted by Crippen LogP contribution is -2.04. The van der Waals surface area contributed by atoms with Crippen molar-refractivity contribution in [2.45, 2.75) is 6.92 Å². The van der Waals surface area contributed by atoms with Crippen LogP contribution in [0.3, 0.4) is 0 Å². The van der Waals surface area contributed by atoms with Gasteiger partial charge in [-0.3, -0.25) is 4.57 Å². The Hall–Kier alpha value is -2.12. The Morgan fingerprint density at radius 1 is 1.18 bits per heavy atom. The molecule has 0 aromatic heterocycles. The zero-order valence-electron chi connectivity index (χ0n) is 9.02. The van der Waals surface area contributed by atoms with E-state index in [2.05, 4.69) is 0 Å². The van der Waals surface area contributed by atoms with Gasteiger partial charge < -0.3 is 4.52 Å². The summed E-state index contributed by atoms with van der Waals surface area (Å²) < 4.78 is 16.6. The van der Waals surface area contributed by atoms with E-state index in [1.54, 1.807) is 25.1 Å². The first kappa shape index (κ1) is 12.9. The molecule has 0 saturated carbocycles. The van der Waals surface area contributed by atoms with Crippen molar-refractivity contribution in [3.8, 4) is 18.2 Å². The van der Waals surface area contributed by atoms with E-state index in [0.29, 0.717) is 0 Å². The normalized spacial score (nSPS) is 10.9. The SMILES string of the molecule is CCO[PH](=O)c1cc(C#N)c(C#N)c(C#N)c1. The molecule has 0 N–H and O–H groups in total. The molecule has 0 spiro atoms. The van der Waals surface area contributed by atoms with Crippen molar-refractivity contribution < 1.29 is 9.09 Å². The van der Waals surface area contributed by atoms with Gasteiger partial charge in [0.2, 0.25) is 8.03 Å². The lowest BCUT2D eigenvalue weighted by atomic mass is 10.0. The summed E-state index contributed by atoms with van der Waals surface area (Å²) in [6.45, 7) is 1.98. The van der Waals surface area contributed by atoms with Crippen LogP contribution in [0.1, 0.15) is 23.6 Å². The van der Waals surface area contributed by atoms with Crippen LogP contribution in [0.5, 0.6) is 0 Å². The molecular weight excluding hydrogens is 237 g/mol. The summed E-state index contributed by atoms with van der Waals surface area (Å²) in [6.07, 6.45) is 0. The van der Waals surface area contributed by atoms with E-state index in [1.165, 1.54) is 12.1 Å². The molecule has 0 saturated heterocycles. The van der Waals surface area contributed by atoms with Crippen LogP contribution < -0.4 is 5.30 Å². The maximum atomic E-state index is 11.6. The van der Waals surface area contributed by atoms with Crippen molar-refractivity contribution in [3.63, 3.8) is 0 Å². The molecule has 6 heteroatoms. The second-order valence-corrected chi connectivity index (χ2v) is 4.44. The zero-order chi connectivity index (χ0) is 12.8. The molecule has 0 aliphatic heterocycles. The number of hydrogen-bond acceptors (Lipinski definition) is 5. The van der Waals surface area contributed by atoms with Crippen molar-refractivity contribution in [1.29, 1.82) is 15.8 Å². The molecule has 1 rings (SSSR count). The molecule has 1 unspecified atom stereocenters. The first-order chi connectivity index (χ1) is 8.17. The van der Waals surface area contributed by atoms with Crippen molar-refractivity contribution >= 4 is 13.3 Å². The lowest BCUT2D eigenvalue weighted by Gasteiger charge is -2.04. The van der Waals surface area contributed by atoms with E-state index >= 15 is 0 Å². The maximum absolute atomic E-state index is 11.6. The van der Waals surface area contributed by atoms with Crippen LogP contribution in [-0.4, -0.2) is 6.61 Å². The fourth-order valence-corrected chi connectivity index (χ4v) is 2.22. The van der Waals surface area contributed by atoms with Gasteiger partial charge in [0.15, 0.2) is 0 Å². The Kier molecular flexibility index (Phi) is 4.44. The summed E-state index contributed by atoms with van der Waals surface area (Å²) in [7, 11) is -2.47. The van der Waals surface area contributed by atoms with Gasteiger partial charge in [-0.1, -0.05) is 0 Å². The average molecular weight is 245 g/mol. The molecule has 0 amide bonds. The minimum absolute atomic E-state index is 0.00467. The topological polar surface area (TPSA) is 97.7 Å². The van der Waals surface area contributed by atoms with Gasteiger partial charge in [0, 0.05) is 5.30 Å². The van der Waals surface area contributed by atoms with Crippen molar-refractivity contribution in [1.82, 2.24) is 0 Å². The lowest BCUT2D eigenvalue weighted by molar-refractivity contribution is 0.357. The van der Waals surface area contributed by atoms with Crippen molar-refractivity contribution in [2.75, 3.05) is 6.61 Å². The number of rotatable bonds is 3. The Labute approximate surface area is 99.3 Å². The molecule has 1 atom stereocenters. The van der Waals surface area contributed by atoms with Crippen LogP contribution in [0.15, 0.2) is 12.1 Å². The Balaban J connectivity index is 3.41. The summed E-state index contributed by atoms with van der Waals surface area (Å²) >= 11 is 0. The van der Waals surface area contributed by atoms with Gasteiger partial charge >= 0.3 is 0 Å². The predicted molar refractivity (Wildman–Crippen MR) is 60.8 cm³/mol. The molecule has 5 nitrogen and oxygen atoms in total. The van der Waals surface area contributed by atoms with E-state index in [4.69, 9.17) is 20.3 Å². The smallest absolute Gasteiger partial charge is 0.220 e. The zero-order valence-corrected chi connectivity index (χ0v) is 10.0. The highest BCUT2D eigenvalue weighted by molar-refractivity contribution is 7.48. The molecule has 0 heterocycles. The van der Waals surface area contributed by atoms with Crippen LogP contribution in [0.25, 0.3) is 0 Å². The molecule has 0 aliphatic rings. The fourth-order valence-electron chi connectivity index (χ4n) is 1.27. The van der Waals surface area contributed by atoms with Gasteiger partial charge in [0.25, 0.3) is 0 Å². The molecular formula is C11H8N3O2P. The molecule has 84 valence electrons. The largest absolute Gasteiger partial charge is 0.328 e. The highest BCUT2D eigenvalue weighted by Gasteiger charge is 2.13. The minimum atomic E-state index is -2.47. The predicted octanol–water partition coefficient (Wildman–Crippen LogP) is 1.44. The average Bonchev–Trinajstić information content (AvgIpc) is 2.37. The van der Waals surface area contributed by atoms with Crippen molar-refractivity contribution in [2.24, 2.45) is 0 Å².